The lowest BCUT2D eigenvalue weighted by atomic mass is 10.3. The van der Waals surface area contributed by atoms with Crippen LogP contribution in [0.25, 0.3) is 5.65 Å². The number of hydrogen-bond donors (Lipinski definition) is 1. The number of pyridine rings is 1. The largest absolute Gasteiger partial charge is 0.495 e. The van der Waals surface area contributed by atoms with E-state index in [1.54, 1.807) is 25.4 Å². The molecule has 0 atom stereocenters. The zero-order valence-electron chi connectivity index (χ0n) is 11.8. The van der Waals surface area contributed by atoms with Gasteiger partial charge in [-0.25, -0.2) is 4.98 Å². The Morgan fingerprint density at radius 3 is 2.76 bits per heavy atom. The van der Waals surface area contributed by atoms with Gasteiger partial charge in [0.2, 0.25) is 0 Å². The fourth-order valence-corrected chi connectivity index (χ4v) is 2.19. The van der Waals surface area contributed by atoms with Crippen LogP contribution >= 0.6 is 0 Å². The first-order chi connectivity index (χ1) is 10.2. The topological polar surface area (TPSA) is 55.6 Å². The quantitative estimate of drug-likeness (QED) is 0.803. The zero-order valence-corrected chi connectivity index (χ0v) is 11.8. The Kier molecular flexibility index (Phi) is 3.31. The Morgan fingerprint density at radius 2 is 2.00 bits per heavy atom. The molecule has 2 heterocycles. The van der Waals surface area contributed by atoms with E-state index < -0.39 is 0 Å². The van der Waals surface area contributed by atoms with Crippen molar-refractivity contribution >= 4 is 17.2 Å². The number of fused-ring (bicyclic) bond motifs is 1. The van der Waals surface area contributed by atoms with Crippen LogP contribution in [-0.2, 0) is 0 Å². The number of methoxy groups -OCH3 is 1. The molecule has 5 heteroatoms. The maximum atomic E-state index is 12.3. The van der Waals surface area contributed by atoms with Crippen molar-refractivity contribution in [1.29, 1.82) is 0 Å². The first-order valence-electron chi connectivity index (χ1n) is 6.58. The van der Waals surface area contributed by atoms with E-state index in [4.69, 9.17) is 4.74 Å². The van der Waals surface area contributed by atoms with Crippen molar-refractivity contribution < 1.29 is 9.53 Å². The third-order valence-electron chi connectivity index (χ3n) is 3.28. The number of anilines is 1. The first-order valence-corrected chi connectivity index (χ1v) is 6.58. The fraction of sp³-hybridized carbons (Fsp3) is 0.125. The van der Waals surface area contributed by atoms with Gasteiger partial charge < -0.3 is 14.5 Å². The lowest BCUT2D eigenvalue weighted by Crippen LogP contribution is -2.13. The fourth-order valence-electron chi connectivity index (χ4n) is 2.19. The number of aryl methyl sites for hydroxylation is 1. The summed E-state index contributed by atoms with van der Waals surface area (Å²) in [7, 11) is 1.57. The lowest BCUT2D eigenvalue weighted by Gasteiger charge is -2.08. The molecule has 0 aliphatic carbocycles. The van der Waals surface area contributed by atoms with Crippen molar-refractivity contribution in [1.82, 2.24) is 9.38 Å². The second kappa shape index (κ2) is 5.28. The minimum Gasteiger partial charge on any atom is -0.495 e. The summed E-state index contributed by atoms with van der Waals surface area (Å²) in [5.74, 6) is 0.355. The van der Waals surface area contributed by atoms with Gasteiger partial charge in [0.05, 0.1) is 12.8 Å². The summed E-state index contributed by atoms with van der Waals surface area (Å²) in [6.07, 6.45) is 1.73. The van der Waals surface area contributed by atoms with E-state index in [9.17, 15) is 4.79 Å². The van der Waals surface area contributed by atoms with Gasteiger partial charge in [0, 0.05) is 11.9 Å². The number of imidazole rings is 1. The molecule has 2 aromatic heterocycles. The molecule has 0 saturated heterocycles. The van der Waals surface area contributed by atoms with E-state index in [2.05, 4.69) is 10.3 Å². The van der Waals surface area contributed by atoms with Crippen LogP contribution in [0.1, 0.15) is 16.2 Å². The molecule has 106 valence electrons. The lowest BCUT2D eigenvalue weighted by molar-refractivity contribution is 0.102. The van der Waals surface area contributed by atoms with Crippen LogP contribution in [0, 0.1) is 6.92 Å². The first kappa shape index (κ1) is 13.2. The summed E-state index contributed by atoms with van der Waals surface area (Å²) >= 11 is 0. The van der Waals surface area contributed by atoms with Crippen LogP contribution in [0.5, 0.6) is 5.75 Å². The number of amides is 1. The van der Waals surface area contributed by atoms with E-state index in [-0.39, 0.29) is 5.91 Å². The van der Waals surface area contributed by atoms with E-state index >= 15 is 0 Å². The Hall–Kier alpha value is -2.82. The molecule has 0 saturated carbocycles. The number of para-hydroxylation sites is 2. The van der Waals surface area contributed by atoms with E-state index in [0.717, 1.165) is 11.3 Å². The number of hydrogen-bond acceptors (Lipinski definition) is 3. The Bertz CT molecular complexity index is 808. The summed E-state index contributed by atoms with van der Waals surface area (Å²) in [6, 6.07) is 13.0. The molecule has 1 N–H and O–H groups in total. The van der Waals surface area contributed by atoms with Gasteiger partial charge in [-0.1, -0.05) is 18.2 Å². The van der Waals surface area contributed by atoms with Gasteiger partial charge in [0.25, 0.3) is 5.91 Å². The van der Waals surface area contributed by atoms with E-state index in [0.29, 0.717) is 17.1 Å². The molecule has 1 amide bonds. The predicted octanol–water partition coefficient (Wildman–Crippen LogP) is 2.90. The highest BCUT2D eigenvalue weighted by atomic mass is 16.5. The second-order valence-corrected chi connectivity index (χ2v) is 4.68. The number of rotatable bonds is 3. The average Bonchev–Trinajstić information content (AvgIpc) is 2.93. The highest BCUT2D eigenvalue weighted by Crippen LogP contribution is 2.23. The number of carbonyl (C=O) groups excluding carboxylic acids is 1. The molecule has 0 unspecified atom stereocenters. The van der Waals surface area contributed by atoms with Gasteiger partial charge in [-0.2, -0.15) is 0 Å². The summed E-state index contributed by atoms with van der Waals surface area (Å²) in [5.41, 5.74) is 2.77. The molecule has 3 aromatic rings. The molecule has 1 aromatic carbocycles. The molecule has 0 radical (unpaired) electrons. The highest BCUT2D eigenvalue weighted by Gasteiger charge is 2.13. The number of nitrogens with one attached hydrogen (secondary N) is 1. The molecular weight excluding hydrogens is 266 g/mol. The number of nitrogens with zero attached hydrogens (tertiary/aromatic N) is 2. The van der Waals surface area contributed by atoms with Gasteiger partial charge in [-0.3, -0.25) is 4.79 Å². The van der Waals surface area contributed by atoms with E-state index in [1.807, 2.05) is 41.7 Å². The number of aromatic nitrogens is 2. The summed E-state index contributed by atoms with van der Waals surface area (Å²) < 4.78 is 7.11. The predicted molar refractivity (Wildman–Crippen MR) is 80.9 cm³/mol. The average molecular weight is 281 g/mol. The number of carbonyl (C=O) groups is 1. The van der Waals surface area contributed by atoms with Gasteiger partial charge in [0.1, 0.15) is 17.1 Å². The molecular formula is C16H15N3O2. The highest BCUT2D eigenvalue weighted by molar-refractivity contribution is 6.04. The van der Waals surface area contributed by atoms with Gasteiger partial charge >= 0.3 is 0 Å². The Morgan fingerprint density at radius 1 is 1.19 bits per heavy atom. The summed E-state index contributed by atoms with van der Waals surface area (Å²) in [6.45, 7) is 1.97. The van der Waals surface area contributed by atoms with Crippen LogP contribution < -0.4 is 10.1 Å². The maximum absolute atomic E-state index is 12.3. The molecule has 0 fully saturated rings. The molecule has 0 aliphatic rings. The van der Waals surface area contributed by atoms with Crippen molar-refractivity contribution in [2.75, 3.05) is 12.4 Å². The third-order valence-corrected chi connectivity index (χ3v) is 3.28. The number of benzene rings is 1. The molecule has 0 spiro atoms. The SMILES string of the molecule is COc1ccccc1NC(=O)c1cn2c(C)cccc2n1. The van der Waals surface area contributed by atoms with Crippen LogP contribution in [0.15, 0.2) is 48.7 Å². The second-order valence-electron chi connectivity index (χ2n) is 4.68. The normalized spacial score (nSPS) is 10.6. The van der Waals surface area contributed by atoms with Crippen molar-refractivity contribution in [3.05, 3.63) is 60.0 Å². The van der Waals surface area contributed by atoms with Crippen molar-refractivity contribution in [2.45, 2.75) is 6.92 Å². The Labute approximate surface area is 122 Å². The third kappa shape index (κ3) is 2.45. The zero-order chi connectivity index (χ0) is 14.8. The van der Waals surface area contributed by atoms with E-state index in [1.165, 1.54) is 0 Å². The molecule has 0 bridgehead atoms. The summed E-state index contributed by atoms with van der Waals surface area (Å²) in [4.78, 5) is 16.7. The smallest absolute Gasteiger partial charge is 0.275 e. The molecule has 0 aliphatic heterocycles. The monoisotopic (exact) mass is 281 g/mol. The maximum Gasteiger partial charge on any atom is 0.275 e. The molecule has 21 heavy (non-hydrogen) atoms. The standard InChI is InChI=1S/C16H15N3O2/c1-11-6-5-9-15-17-13(10-19(11)15)16(20)18-12-7-3-4-8-14(12)21-2/h3-10H,1-2H3,(H,18,20). The summed E-state index contributed by atoms with van der Waals surface area (Å²) in [5, 5.41) is 2.82. The minimum absolute atomic E-state index is 0.261. The van der Waals surface area contributed by atoms with Gasteiger partial charge in [-0.05, 0) is 31.2 Å². The van der Waals surface area contributed by atoms with Crippen molar-refractivity contribution in [3.8, 4) is 5.75 Å². The minimum atomic E-state index is -0.261. The Balaban J connectivity index is 1.92. The van der Waals surface area contributed by atoms with Crippen LogP contribution in [-0.4, -0.2) is 22.4 Å². The molecule has 3 rings (SSSR count). The molecule has 5 nitrogen and oxygen atoms in total. The van der Waals surface area contributed by atoms with Crippen LogP contribution in [0.3, 0.4) is 0 Å². The van der Waals surface area contributed by atoms with Crippen LogP contribution in [0.4, 0.5) is 5.69 Å². The van der Waals surface area contributed by atoms with Crippen molar-refractivity contribution in [3.63, 3.8) is 0 Å². The number of ether oxygens (including phenoxy) is 1. The van der Waals surface area contributed by atoms with Crippen LogP contribution in [0.2, 0.25) is 0 Å². The van der Waals surface area contributed by atoms with Crippen molar-refractivity contribution in [2.24, 2.45) is 0 Å². The van der Waals surface area contributed by atoms with Gasteiger partial charge in [0.15, 0.2) is 0 Å². The van der Waals surface area contributed by atoms with Gasteiger partial charge in [-0.15, -0.1) is 0 Å².